The fraction of sp³-hybridized carbons (Fsp3) is 0.500. The van der Waals surface area contributed by atoms with Gasteiger partial charge in [0.2, 0.25) is 5.91 Å². The molecule has 31 heavy (non-hydrogen) atoms. The van der Waals surface area contributed by atoms with Crippen LogP contribution in [0.15, 0.2) is 34.1 Å². The number of amides is 1. The van der Waals surface area contributed by atoms with Gasteiger partial charge in [0.25, 0.3) is 0 Å². The molecular formula is C22H29N5O3S. The average molecular weight is 444 g/mol. The lowest BCUT2D eigenvalue weighted by Crippen LogP contribution is -2.54. The van der Waals surface area contributed by atoms with Crippen LogP contribution in [0.2, 0.25) is 0 Å². The molecule has 0 bridgehead atoms. The van der Waals surface area contributed by atoms with Crippen LogP contribution in [0.3, 0.4) is 0 Å². The fourth-order valence-corrected chi connectivity index (χ4v) is 5.02. The Balaban J connectivity index is 1.52. The fourth-order valence-electron chi connectivity index (χ4n) is 4.15. The molecule has 4 rings (SSSR count). The molecule has 0 atom stereocenters. The second-order valence-electron chi connectivity index (χ2n) is 7.94. The number of hydrogen-bond acceptors (Lipinski definition) is 7. The van der Waals surface area contributed by atoms with Gasteiger partial charge in [0.1, 0.15) is 10.8 Å². The number of fused-ring (bicyclic) bond motifs is 1. The quantitative estimate of drug-likeness (QED) is 0.538. The van der Waals surface area contributed by atoms with Crippen molar-refractivity contribution in [2.45, 2.75) is 30.7 Å². The molecule has 1 saturated heterocycles. The Labute approximate surface area is 186 Å². The Morgan fingerprint density at radius 2 is 1.90 bits per heavy atom. The van der Waals surface area contributed by atoms with Crippen molar-refractivity contribution in [1.29, 1.82) is 0 Å². The number of carbonyl (C=O) groups excluding carboxylic acids is 1. The van der Waals surface area contributed by atoms with E-state index in [2.05, 4.69) is 27.3 Å². The number of anilines is 1. The van der Waals surface area contributed by atoms with Crippen LogP contribution in [-0.2, 0) is 17.6 Å². The smallest absolute Gasteiger partial charge is 0.367 e. The summed E-state index contributed by atoms with van der Waals surface area (Å²) in [6, 6.07) is 7.31. The van der Waals surface area contributed by atoms with E-state index >= 15 is 0 Å². The number of carbonyl (C=O) groups is 1. The van der Waals surface area contributed by atoms with Gasteiger partial charge in [0.15, 0.2) is 0 Å². The third kappa shape index (κ3) is 4.88. The van der Waals surface area contributed by atoms with E-state index in [-0.39, 0.29) is 17.3 Å². The predicted octanol–water partition coefficient (Wildman–Crippen LogP) is 1.74. The monoisotopic (exact) mass is 443 g/mol. The van der Waals surface area contributed by atoms with Gasteiger partial charge in [-0.15, -0.1) is 0 Å². The number of para-hydroxylation sites is 2. The summed E-state index contributed by atoms with van der Waals surface area (Å²) in [6.45, 7) is 3.50. The Bertz CT molecular complexity index is 1000. The van der Waals surface area contributed by atoms with Gasteiger partial charge in [-0.3, -0.25) is 4.79 Å². The summed E-state index contributed by atoms with van der Waals surface area (Å²) in [5, 5.41) is 5.71. The molecule has 166 valence electrons. The maximum Gasteiger partial charge on any atom is 0.367 e. The summed E-state index contributed by atoms with van der Waals surface area (Å²) in [4.78, 5) is 32.2. The first-order valence-electron chi connectivity index (χ1n) is 10.7. The zero-order valence-electron chi connectivity index (χ0n) is 18.1. The number of nitrogens with zero attached hydrogens (tertiary/aromatic N) is 4. The van der Waals surface area contributed by atoms with Crippen molar-refractivity contribution in [3.8, 4) is 5.75 Å². The van der Waals surface area contributed by atoms with Gasteiger partial charge >= 0.3 is 5.69 Å². The number of rotatable bonds is 6. The number of aromatic nitrogens is 2. The zero-order chi connectivity index (χ0) is 21.8. The highest BCUT2D eigenvalue weighted by atomic mass is 32.2. The van der Waals surface area contributed by atoms with Crippen LogP contribution in [-0.4, -0.2) is 66.6 Å². The summed E-state index contributed by atoms with van der Waals surface area (Å²) in [6.07, 6.45) is 3.92. The molecule has 2 aliphatic rings. The summed E-state index contributed by atoms with van der Waals surface area (Å²) >= 11 is 1.34. The van der Waals surface area contributed by atoms with Crippen molar-refractivity contribution in [2.24, 2.45) is 0 Å². The number of ether oxygens (including phenoxy) is 1. The van der Waals surface area contributed by atoms with Gasteiger partial charge < -0.3 is 20.0 Å². The van der Waals surface area contributed by atoms with Gasteiger partial charge in [-0.2, -0.15) is 4.98 Å². The Hall–Kier alpha value is -2.52. The molecule has 9 heteroatoms. The molecule has 0 radical (unpaired) electrons. The first-order valence-corrected chi connectivity index (χ1v) is 11.7. The molecule has 1 amide bonds. The molecule has 8 nitrogen and oxygen atoms in total. The van der Waals surface area contributed by atoms with Crippen LogP contribution in [0.25, 0.3) is 0 Å². The standard InChI is InChI=1S/C22H29N5O3S/c1-25-11-13-26(14-12-25)27-18-9-5-3-7-16(18)21(24-22(27)29)31-15-20(28)23-17-8-4-6-10-19(17)30-2/h4,6,8,10H,3,5,7,9,11-15H2,1-2H3,(H,23,28). The van der Waals surface area contributed by atoms with Crippen molar-refractivity contribution in [3.05, 3.63) is 46.0 Å². The maximum atomic E-state index is 13.0. The summed E-state index contributed by atoms with van der Waals surface area (Å²) in [5.74, 6) is 0.658. The predicted molar refractivity (Wildman–Crippen MR) is 123 cm³/mol. The van der Waals surface area contributed by atoms with E-state index < -0.39 is 0 Å². The first kappa shape index (κ1) is 21.7. The lowest BCUT2D eigenvalue weighted by molar-refractivity contribution is -0.113. The molecule has 1 fully saturated rings. The van der Waals surface area contributed by atoms with Crippen LogP contribution in [0.1, 0.15) is 24.1 Å². The van der Waals surface area contributed by atoms with Crippen LogP contribution < -0.4 is 20.8 Å². The van der Waals surface area contributed by atoms with Gasteiger partial charge in [-0.25, -0.2) is 9.47 Å². The molecule has 1 aromatic heterocycles. The minimum Gasteiger partial charge on any atom is -0.495 e. The third-order valence-electron chi connectivity index (χ3n) is 5.81. The van der Waals surface area contributed by atoms with Crippen molar-refractivity contribution in [3.63, 3.8) is 0 Å². The van der Waals surface area contributed by atoms with Crippen molar-refractivity contribution >= 4 is 23.4 Å². The van der Waals surface area contributed by atoms with Gasteiger partial charge in [-0.1, -0.05) is 23.9 Å². The number of thioether (sulfide) groups is 1. The second kappa shape index (κ2) is 9.74. The molecule has 2 heterocycles. The highest BCUT2D eigenvalue weighted by Crippen LogP contribution is 2.29. The maximum absolute atomic E-state index is 13.0. The molecule has 2 aromatic rings. The Morgan fingerprint density at radius 1 is 1.16 bits per heavy atom. The van der Waals surface area contributed by atoms with E-state index in [4.69, 9.17) is 4.74 Å². The van der Waals surface area contributed by atoms with E-state index in [1.807, 2.05) is 12.1 Å². The number of methoxy groups -OCH3 is 1. The molecule has 0 spiro atoms. The number of likely N-dealkylation sites (N-methyl/N-ethyl adjacent to an activating group) is 1. The lowest BCUT2D eigenvalue weighted by atomic mass is 9.97. The van der Waals surface area contributed by atoms with Gasteiger partial charge in [-0.05, 0) is 44.9 Å². The first-order chi connectivity index (χ1) is 15.1. The largest absolute Gasteiger partial charge is 0.495 e. The minimum absolute atomic E-state index is 0.149. The molecule has 0 saturated carbocycles. The van der Waals surface area contributed by atoms with Crippen LogP contribution >= 0.6 is 11.8 Å². The summed E-state index contributed by atoms with van der Waals surface area (Å²) in [5.41, 5.74) is 2.59. The number of hydrogen-bond donors (Lipinski definition) is 1. The molecule has 1 aliphatic heterocycles. The van der Waals surface area contributed by atoms with Crippen molar-refractivity contribution in [2.75, 3.05) is 56.4 Å². The van der Waals surface area contributed by atoms with Crippen LogP contribution in [0.5, 0.6) is 5.75 Å². The molecular weight excluding hydrogens is 414 g/mol. The highest BCUT2D eigenvalue weighted by molar-refractivity contribution is 8.00. The van der Waals surface area contributed by atoms with Gasteiger partial charge in [0.05, 0.1) is 24.2 Å². The normalized spacial score (nSPS) is 16.6. The molecule has 1 aromatic carbocycles. The van der Waals surface area contributed by atoms with E-state index in [1.165, 1.54) is 11.8 Å². The number of nitrogens with one attached hydrogen (secondary N) is 1. The van der Waals surface area contributed by atoms with Gasteiger partial charge in [0, 0.05) is 31.7 Å². The third-order valence-corrected chi connectivity index (χ3v) is 6.83. The summed E-state index contributed by atoms with van der Waals surface area (Å²) in [7, 11) is 3.68. The Kier molecular flexibility index (Phi) is 6.82. The van der Waals surface area contributed by atoms with Crippen molar-refractivity contribution in [1.82, 2.24) is 14.6 Å². The van der Waals surface area contributed by atoms with Crippen LogP contribution in [0, 0.1) is 0 Å². The molecule has 1 N–H and O–H groups in total. The number of piperazine rings is 1. The lowest BCUT2D eigenvalue weighted by Gasteiger charge is -2.37. The van der Waals surface area contributed by atoms with E-state index in [0.717, 1.165) is 63.1 Å². The molecule has 0 unspecified atom stereocenters. The summed E-state index contributed by atoms with van der Waals surface area (Å²) < 4.78 is 7.10. The average Bonchev–Trinajstić information content (AvgIpc) is 2.79. The van der Waals surface area contributed by atoms with Crippen molar-refractivity contribution < 1.29 is 9.53 Å². The second-order valence-corrected chi connectivity index (χ2v) is 8.90. The van der Waals surface area contributed by atoms with Crippen LogP contribution in [0.4, 0.5) is 5.69 Å². The van der Waals surface area contributed by atoms with E-state index in [0.29, 0.717) is 16.5 Å². The molecule has 1 aliphatic carbocycles. The minimum atomic E-state index is -0.238. The topological polar surface area (TPSA) is 79.7 Å². The highest BCUT2D eigenvalue weighted by Gasteiger charge is 2.25. The van der Waals surface area contributed by atoms with E-state index in [1.54, 1.807) is 23.9 Å². The zero-order valence-corrected chi connectivity index (χ0v) is 18.9. The Morgan fingerprint density at radius 3 is 2.68 bits per heavy atom. The van der Waals surface area contributed by atoms with E-state index in [9.17, 15) is 9.59 Å². The number of benzene rings is 1. The SMILES string of the molecule is COc1ccccc1NC(=O)CSc1nc(=O)n(N2CCN(C)CC2)c2c1CCCC2.